The van der Waals surface area contributed by atoms with Crippen LogP contribution in [-0.4, -0.2) is 123 Å². The van der Waals surface area contributed by atoms with Crippen molar-refractivity contribution in [1.29, 1.82) is 0 Å². The Morgan fingerprint density at radius 3 is 2.31 bits per heavy atom. The minimum absolute atomic E-state index is 0.0881. The highest BCUT2D eigenvalue weighted by Crippen LogP contribution is 2.70. The van der Waals surface area contributed by atoms with E-state index in [9.17, 15) is 30.6 Å². The zero-order valence-electron chi connectivity index (χ0n) is 31.0. The number of hydrogen-bond donors (Lipinski definition) is 7. The van der Waals surface area contributed by atoms with E-state index >= 15 is 0 Å². The maximum atomic E-state index is 11.1. The maximum absolute atomic E-state index is 11.1. The zero-order valence-corrected chi connectivity index (χ0v) is 31.0. The second-order valence-corrected chi connectivity index (χ2v) is 18.4. The first-order valence-electron chi connectivity index (χ1n) is 20.0. The molecule has 0 aromatic heterocycles. The number of rotatable bonds is 5. The molecule has 4 saturated heterocycles. The van der Waals surface area contributed by atoms with Gasteiger partial charge in [0.2, 0.25) is 0 Å². The highest BCUT2D eigenvalue weighted by Gasteiger charge is 2.68. The van der Waals surface area contributed by atoms with Crippen molar-refractivity contribution in [2.45, 2.75) is 172 Å². The molecule has 51 heavy (non-hydrogen) atoms. The van der Waals surface area contributed by atoms with Gasteiger partial charge in [-0.3, -0.25) is 5.32 Å². The van der Waals surface area contributed by atoms with Crippen molar-refractivity contribution in [2.24, 2.45) is 46.3 Å². The lowest BCUT2D eigenvalue weighted by Gasteiger charge is -2.59. The summed E-state index contributed by atoms with van der Waals surface area (Å²) < 4.78 is 30.7. The van der Waals surface area contributed by atoms with Crippen molar-refractivity contribution in [3.8, 4) is 0 Å². The summed E-state index contributed by atoms with van der Waals surface area (Å²) in [5.41, 5.74) is 1.66. The third-order valence-corrected chi connectivity index (χ3v) is 15.8. The Morgan fingerprint density at radius 1 is 0.843 bits per heavy atom. The Balaban J connectivity index is 0.915. The number of ether oxygens (including phenoxy) is 5. The van der Waals surface area contributed by atoms with Gasteiger partial charge in [0, 0.05) is 12.5 Å². The molecule has 12 heteroatoms. The molecule has 1 spiro atoms. The first-order chi connectivity index (χ1) is 24.2. The number of allylic oxidation sites excluding steroid dienone is 1. The minimum Gasteiger partial charge on any atom is -0.394 e. The van der Waals surface area contributed by atoms with Crippen LogP contribution in [0.25, 0.3) is 0 Å². The summed E-state index contributed by atoms with van der Waals surface area (Å²) in [7, 11) is 0. The van der Waals surface area contributed by atoms with Gasteiger partial charge in [-0.15, -0.1) is 0 Å². The normalized spacial score (nSPS) is 58.4. The van der Waals surface area contributed by atoms with Crippen molar-refractivity contribution in [2.75, 3.05) is 13.2 Å². The molecule has 0 bridgehead atoms. The molecule has 3 saturated carbocycles. The quantitative estimate of drug-likeness (QED) is 0.206. The number of nitrogens with one attached hydrogen (secondary N) is 1. The fourth-order valence-corrected chi connectivity index (χ4v) is 12.7. The topological polar surface area (TPSA) is 180 Å². The molecule has 12 nitrogen and oxygen atoms in total. The molecule has 0 radical (unpaired) electrons. The van der Waals surface area contributed by atoms with Crippen LogP contribution < -0.4 is 5.32 Å². The van der Waals surface area contributed by atoms with Crippen LogP contribution in [0.15, 0.2) is 11.6 Å². The summed E-state index contributed by atoms with van der Waals surface area (Å²) in [6, 6.07) is 0. The molecule has 7 fully saturated rings. The molecular formula is C39H63NO11. The lowest BCUT2D eigenvalue weighted by atomic mass is 9.47. The van der Waals surface area contributed by atoms with Gasteiger partial charge in [-0.05, 0) is 105 Å². The van der Waals surface area contributed by atoms with E-state index in [-0.39, 0.29) is 17.2 Å². The third kappa shape index (κ3) is 5.84. The van der Waals surface area contributed by atoms with Gasteiger partial charge in [-0.1, -0.05) is 39.3 Å². The molecule has 0 aromatic carbocycles. The molecule has 8 aliphatic rings. The molecule has 0 amide bonds. The summed E-state index contributed by atoms with van der Waals surface area (Å²) in [6.07, 6.45) is -1.11. The Hall–Kier alpha value is -0.740. The molecule has 0 unspecified atom stereocenters. The summed E-state index contributed by atoms with van der Waals surface area (Å²) in [5, 5.41) is 67.0. The lowest BCUT2D eigenvalue weighted by Crippen LogP contribution is -2.64. The van der Waals surface area contributed by atoms with Crippen molar-refractivity contribution in [1.82, 2.24) is 5.32 Å². The highest BCUT2D eigenvalue weighted by molar-refractivity contribution is 5.26. The van der Waals surface area contributed by atoms with Crippen molar-refractivity contribution in [3.05, 3.63) is 11.6 Å². The second-order valence-electron chi connectivity index (χ2n) is 18.4. The van der Waals surface area contributed by atoms with Crippen LogP contribution in [0.4, 0.5) is 0 Å². The molecule has 4 aliphatic heterocycles. The summed E-state index contributed by atoms with van der Waals surface area (Å²) in [6.45, 7) is 11.9. The Bertz CT molecular complexity index is 1310. The Morgan fingerprint density at radius 2 is 1.59 bits per heavy atom. The number of aliphatic hydroxyl groups is 6. The lowest BCUT2D eigenvalue weighted by molar-refractivity contribution is -0.360. The van der Waals surface area contributed by atoms with Gasteiger partial charge in [-0.25, -0.2) is 0 Å². The van der Waals surface area contributed by atoms with Gasteiger partial charge in [0.25, 0.3) is 0 Å². The largest absolute Gasteiger partial charge is 0.394 e. The molecule has 4 aliphatic carbocycles. The maximum Gasteiger partial charge on any atom is 0.187 e. The van der Waals surface area contributed by atoms with E-state index in [1.165, 1.54) is 38.2 Å². The van der Waals surface area contributed by atoms with E-state index in [2.05, 4.69) is 39.1 Å². The van der Waals surface area contributed by atoms with E-state index in [1.54, 1.807) is 0 Å². The second kappa shape index (κ2) is 13.5. The van der Waals surface area contributed by atoms with Gasteiger partial charge in [0.15, 0.2) is 12.6 Å². The average Bonchev–Trinajstić information content (AvgIpc) is 3.56. The average molecular weight is 722 g/mol. The molecule has 0 aromatic rings. The smallest absolute Gasteiger partial charge is 0.187 e. The number of hydrogen-bond acceptors (Lipinski definition) is 12. The van der Waals surface area contributed by atoms with E-state index in [0.717, 1.165) is 38.6 Å². The molecule has 7 N–H and O–H groups in total. The zero-order chi connectivity index (χ0) is 36.2. The van der Waals surface area contributed by atoms with Crippen LogP contribution in [-0.2, 0) is 23.7 Å². The van der Waals surface area contributed by atoms with Crippen LogP contribution in [0.5, 0.6) is 0 Å². The van der Waals surface area contributed by atoms with Crippen molar-refractivity contribution < 1.29 is 54.3 Å². The monoisotopic (exact) mass is 721 g/mol. The predicted molar refractivity (Wildman–Crippen MR) is 184 cm³/mol. The fraction of sp³-hybridized carbons (Fsp3) is 0.949. The van der Waals surface area contributed by atoms with E-state index in [0.29, 0.717) is 47.0 Å². The minimum atomic E-state index is -1.60. The number of piperidine rings is 1. The van der Waals surface area contributed by atoms with Crippen LogP contribution in [0.3, 0.4) is 0 Å². The van der Waals surface area contributed by atoms with Crippen LogP contribution in [0.1, 0.15) is 92.4 Å². The highest BCUT2D eigenvalue weighted by atomic mass is 16.7. The molecule has 21 atom stereocenters. The van der Waals surface area contributed by atoms with Gasteiger partial charge >= 0.3 is 0 Å². The third-order valence-electron chi connectivity index (χ3n) is 15.8. The van der Waals surface area contributed by atoms with Gasteiger partial charge in [-0.2, -0.15) is 0 Å². The molecule has 4 heterocycles. The van der Waals surface area contributed by atoms with E-state index < -0.39 is 68.0 Å². The standard InChI is InChI=1S/C39H63NO11/c1-18-8-13-39(40-16-18)19(2)28-26(51-39)15-25-23-7-6-21-14-22(9-11-37(21,4)24(23)10-12-38(25,28)5)48-36-33(46)31(44)34(27(17-41)49-36)50-35-32(45)30(43)29(42)20(3)47-35/h6,18-20,22-36,40-46H,7-17H2,1-5H3/t18-,19+,20+,22+,23-,24+,25+,26+,27-,28+,29+,30-,31-,32-,33-,34-,35+,36-,37+,38+,39-/m1/s1. The van der Waals surface area contributed by atoms with Crippen molar-refractivity contribution >= 4 is 0 Å². The SMILES string of the molecule is C[C@@H]1CC[C@@]2(NC1)O[C@H]1C[C@H]3[C@@H]4CC=C5C[C@@H](O[C@@H]6O[C@H](CO)[C@@H](O[C@@H]7O[C@@H](C)[C@H](O)[C@@H](O)[C@H]7O)[C@H](O)[C@H]6O)CC[C@]5(C)[C@H]4CC[C@]3(C)[C@H]1[C@@H]2C. The van der Waals surface area contributed by atoms with Crippen LogP contribution in [0, 0.1) is 46.3 Å². The predicted octanol–water partition coefficient (Wildman–Crippen LogP) is 1.96. The summed E-state index contributed by atoms with van der Waals surface area (Å²) in [5.74, 6) is 3.74. The number of fused-ring (bicyclic) bond motifs is 7. The van der Waals surface area contributed by atoms with Gasteiger partial charge < -0.3 is 54.3 Å². The van der Waals surface area contributed by atoms with E-state index in [1.807, 2.05) is 0 Å². The van der Waals surface area contributed by atoms with Crippen molar-refractivity contribution in [3.63, 3.8) is 0 Å². The Labute approximate surface area is 302 Å². The van der Waals surface area contributed by atoms with Gasteiger partial charge in [0.1, 0.15) is 48.5 Å². The Kier molecular flexibility index (Phi) is 9.83. The summed E-state index contributed by atoms with van der Waals surface area (Å²) >= 11 is 0. The van der Waals surface area contributed by atoms with Gasteiger partial charge in [0.05, 0.1) is 24.9 Å². The first-order valence-corrected chi connectivity index (χ1v) is 20.0. The van der Waals surface area contributed by atoms with Crippen LogP contribution in [0.2, 0.25) is 0 Å². The molecular weight excluding hydrogens is 658 g/mol. The number of aliphatic hydroxyl groups excluding tert-OH is 6. The molecule has 8 rings (SSSR count). The first kappa shape index (κ1) is 37.2. The summed E-state index contributed by atoms with van der Waals surface area (Å²) in [4.78, 5) is 0. The fourth-order valence-electron chi connectivity index (χ4n) is 12.7. The molecule has 290 valence electrons. The van der Waals surface area contributed by atoms with Crippen LogP contribution >= 0.6 is 0 Å². The van der Waals surface area contributed by atoms with E-state index in [4.69, 9.17) is 23.7 Å².